The molecule has 5 rings (SSSR count). The standard InChI is InChI=1S/C26H36N8O2/c1-3-4-19(5-10-35)31-24-23-20(32-25(27)33-24)15-30-34(23)16-21-22(36-2)11-17(14-29-21)18-12-26(13-18)6-8-28-9-7-26/h11-12,14-15,19,28,35H,3-10,13,16H2,1-2H3,(H3,27,31,32,33)/t19-/m0/s1. The van der Waals surface area contributed by atoms with Gasteiger partial charge in [0.1, 0.15) is 22.5 Å². The van der Waals surface area contributed by atoms with Gasteiger partial charge >= 0.3 is 0 Å². The fourth-order valence-corrected chi connectivity index (χ4v) is 5.46. The van der Waals surface area contributed by atoms with Gasteiger partial charge in [-0.15, -0.1) is 0 Å². The van der Waals surface area contributed by atoms with Crippen LogP contribution in [0, 0.1) is 5.41 Å². The number of anilines is 2. The molecule has 36 heavy (non-hydrogen) atoms. The number of aromatic nitrogens is 5. The monoisotopic (exact) mass is 492 g/mol. The fraction of sp³-hybridized carbons (Fsp3) is 0.538. The zero-order valence-corrected chi connectivity index (χ0v) is 21.1. The van der Waals surface area contributed by atoms with Gasteiger partial charge in [-0.2, -0.15) is 10.1 Å². The number of nitrogens with two attached hydrogens (primary N) is 1. The van der Waals surface area contributed by atoms with Gasteiger partial charge in [-0.3, -0.25) is 9.67 Å². The van der Waals surface area contributed by atoms with Gasteiger partial charge in [0.15, 0.2) is 5.82 Å². The van der Waals surface area contributed by atoms with E-state index in [9.17, 15) is 5.11 Å². The second-order valence-corrected chi connectivity index (χ2v) is 9.94. The quantitative estimate of drug-likeness (QED) is 0.337. The highest BCUT2D eigenvalue weighted by atomic mass is 16.5. The van der Waals surface area contributed by atoms with Gasteiger partial charge in [-0.05, 0) is 67.8 Å². The van der Waals surface area contributed by atoms with E-state index in [1.807, 2.05) is 10.9 Å². The lowest BCUT2D eigenvalue weighted by Gasteiger charge is -2.43. The Morgan fingerprint density at radius 2 is 2.06 bits per heavy atom. The maximum Gasteiger partial charge on any atom is 0.222 e. The van der Waals surface area contributed by atoms with Gasteiger partial charge in [-0.1, -0.05) is 19.4 Å². The molecule has 1 atom stereocenters. The molecule has 1 spiro atoms. The number of nitrogens with one attached hydrogen (secondary N) is 2. The second-order valence-electron chi connectivity index (χ2n) is 9.94. The minimum absolute atomic E-state index is 0.0757. The molecule has 1 aliphatic heterocycles. The number of hydrogen-bond donors (Lipinski definition) is 4. The first-order valence-corrected chi connectivity index (χ1v) is 12.9. The Morgan fingerprint density at radius 1 is 1.25 bits per heavy atom. The first-order valence-electron chi connectivity index (χ1n) is 12.9. The molecule has 0 radical (unpaired) electrons. The van der Waals surface area contributed by atoms with Gasteiger partial charge in [0.2, 0.25) is 5.95 Å². The Hall–Kier alpha value is -3.24. The Kier molecular flexibility index (Phi) is 7.06. The van der Waals surface area contributed by atoms with Gasteiger partial charge < -0.3 is 26.2 Å². The molecule has 0 amide bonds. The number of rotatable bonds is 10. The average molecular weight is 493 g/mol. The molecule has 0 bridgehead atoms. The van der Waals surface area contributed by atoms with Crippen LogP contribution in [0.5, 0.6) is 5.75 Å². The highest BCUT2D eigenvalue weighted by Gasteiger charge is 2.38. The summed E-state index contributed by atoms with van der Waals surface area (Å²) in [5.41, 5.74) is 11.0. The van der Waals surface area contributed by atoms with Crippen molar-refractivity contribution in [2.24, 2.45) is 5.41 Å². The molecule has 0 aromatic carbocycles. The molecule has 4 heterocycles. The van der Waals surface area contributed by atoms with E-state index in [0.717, 1.165) is 54.9 Å². The summed E-state index contributed by atoms with van der Waals surface area (Å²) in [6.45, 7) is 4.80. The smallest absolute Gasteiger partial charge is 0.222 e. The van der Waals surface area contributed by atoms with Crippen LogP contribution in [0.3, 0.4) is 0 Å². The van der Waals surface area contributed by atoms with Gasteiger partial charge in [0.25, 0.3) is 0 Å². The third-order valence-corrected chi connectivity index (χ3v) is 7.40. The molecule has 0 saturated carbocycles. The summed E-state index contributed by atoms with van der Waals surface area (Å²) in [4.78, 5) is 13.6. The number of nitrogens with zero attached hydrogens (tertiary/aromatic N) is 5. The molecular formula is C26H36N8O2. The number of fused-ring (bicyclic) bond motifs is 1. The van der Waals surface area contributed by atoms with Gasteiger partial charge in [0, 0.05) is 18.8 Å². The molecule has 1 fully saturated rings. The van der Waals surface area contributed by atoms with Crippen LogP contribution in [-0.4, -0.2) is 62.7 Å². The van der Waals surface area contributed by atoms with Crippen LogP contribution < -0.4 is 21.1 Å². The Balaban J connectivity index is 1.42. The minimum Gasteiger partial charge on any atom is -0.495 e. The number of ether oxygens (including phenoxy) is 1. The number of hydrogen-bond acceptors (Lipinski definition) is 9. The van der Waals surface area contributed by atoms with E-state index in [0.29, 0.717) is 29.7 Å². The lowest BCUT2D eigenvalue weighted by atomic mass is 9.64. The zero-order valence-electron chi connectivity index (χ0n) is 21.1. The fourth-order valence-electron chi connectivity index (χ4n) is 5.46. The highest BCUT2D eigenvalue weighted by molar-refractivity contribution is 5.86. The Morgan fingerprint density at radius 3 is 2.78 bits per heavy atom. The van der Waals surface area contributed by atoms with Crippen LogP contribution in [0.25, 0.3) is 16.6 Å². The second kappa shape index (κ2) is 10.4. The molecule has 3 aromatic heterocycles. The summed E-state index contributed by atoms with van der Waals surface area (Å²) in [6, 6.07) is 2.16. The average Bonchev–Trinajstić information content (AvgIpc) is 3.26. The summed E-state index contributed by atoms with van der Waals surface area (Å²) >= 11 is 0. The van der Waals surface area contributed by atoms with E-state index in [4.69, 9.17) is 15.5 Å². The molecule has 5 N–H and O–H groups in total. The SMILES string of the molecule is CCC[C@@H](CCO)Nc1nc(N)nc2cnn(Cc3ncc(C4=CC5(CCNCC5)C4)cc3OC)c12. The first-order chi connectivity index (χ1) is 17.5. The van der Waals surface area contributed by atoms with Crippen molar-refractivity contribution < 1.29 is 9.84 Å². The summed E-state index contributed by atoms with van der Waals surface area (Å²) in [7, 11) is 1.68. The molecule has 10 heteroatoms. The van der Waals surface area contributed by atoms with Crippen molar-refractivity contribution in [3.8, 4) is 5.75 Å². The summed E-state index contributed by atoms with van der Waals surface area (Å²) in [5.74, 6) is 1.53. The molecule has 3 aromatic rings. The number of methoxy groups -OCH3 is 1. The van der Waals surface area contributed by atoms with E-state index >= 15 is 0 Å². The maximum absolute atomic E-state index is 9.49. The van der Waals surface area contributed by atoms with E-state index in [1.165, 1.54) is 18.4 Å². The molecule has 1 aliphatic carbocycles. The molecule has 1 saturated heterocycles. The number of pyridine rings is 1. The predicted octanol–water partition coefficient (Wildman–Crippen LogP) is 2.98. The van der Waals surface area contributed by atoms with Crippen molar-refractivity contribution in [3.63, 3.8) is 0 Å². The van der Waals surface area contributed by atoms with Crippen molar-refractivity contribution >= 4 is 28.4 Å². The van der Waals surface area contributed by atoms with Crippen molar-refractivity contribution in [1.29, 1.82) is 0 Å². The Labute approximate surface area is 211 Å². The van der Waals surface area contributed by atoms with Crippen LogP contribution >= 0.6 is 0 Å². The number of aliphatic hydroxyl groups is 1. The lowest BCUT2D eigenvalue weighted by molar-refractivity contribution is 0.257. The number of allylic oxidation sites excluding steroid dienone is 2. The number of piperidine rings is 1. The highest BCUT2D eigenvalue weighted by Crippen LogP contribution is 2.50. The molecule has 0 unspecified atom stereocenters. The largest absolute Gasteiger partial charge is 0.495 e. The topological polar surface area (TPSA) is 136 Å². The molecule has 2 aliphatic rings. The normalized spacial score (nSPS) is 17.6. The third kappa shape index (κ3) is 4.87. The van der Waals surface area contributed by atoms with Crippen molar-refractivity contribution in [2.45, 2.75) is 58.0 Å². The third-order valence-electron chi connectivity index (χ3n) is 7.40. The lowest BCUT2D eigenvalue weighted by Crippen LogP contribution is -2.39. The van der Waals surface area contributed by atoms with Crippen molar-refractivity contribution in [1.82, 2.24) is 30.0 Å². The maximum atomic E-state index is 9.49. The molecule has 10 nitrogen and oxygen atoms in total. The predicted molar refractivity (Wildman–Crippen MR) is 141 cm³/mol. The molecular weight excluding hydrogens is 456 g/mol. The zero-order chi connectivity index (χ0) is 25.1. The van der Waals surface area contributed by atoms with Crippen LogP contribution in [-0.2, 0) is 6.54 Å². The van der Waals surface area contributed by atoms with Crippen LogP contribution in [0.1, 0.15) is 56.7 Å². The summed E-state index contributed by atoms with van der Waals surface area (Å²) < 4.78 is 7.57. The van der Waals surface area contributed by atoms with Crippen molar-refractivity contribution in [2.75, 3.05) is 37.9 Å². The van der Waals surface area contributed by atoms with Gasteiger partial charge in [-0.25, -0.2) is 4.98 Å². The number of nitrogen functional groups attached to an aromatic ring is 1. The van der Waals surface area contributed by atoms with Crippen LogP contribution in [0.4, 0.5) is 11.8 Å². The van der Waals surface area contributed by atoms with Gasteiger partial charge in [0.05, 0.1) is 19.9 Å². The first kappa shape index (κ1) is 24.5. The summed E-state index contributed by atoms with van der Waals surface area (Å²) in [5, 5.41) is 21.0. The van der Waals surface area contributed by atoms with E-state index < -0.39 is 0 Å². The van der Waals surface area contributed by atoms with Crippen LogP contribution in [0.2, 0.25) is 0 Å². The van der Waals surface area contributed by atoms with E-state index in [2.05, 4.69) is 44.8 Å². The van der Waals surface area contributed by atoms with Crippen molar-refractivity contribution in [3.05, 3.63) is 35.8 Å². The summed E-state index contributed by atoms with van der Waals surface area (Å²) in [6.07, 6.45) is 12.1. The van der Waals surface area contributed by atoms with Crippen LogP contribution in [0.15, 0.2) is 24.5 Å². The van der Waals surface area contributed by atoms with E-state index in [1.54, 1.807) is 13.3 Å². The number of aliphatic hydroxyl groups excluding tert-OH is 1. The Bertz CT molecular complexity index is 1240. The minimum atomic E-state index is 0.0757. The molecule has 192 valence electrons. The van der Waals surface area contributed by atoms with E-state index in [-0.39, 0.29) is 18.6 Å².